The lowest BCUT2D eigenvalue weighted by atomic mass is 10.1. The Labute approximate surface area is 167 Å². The van der Waals surface area contributed by atoms with E-state index in [2.05, 4.69) is 10.3 Å². The molecule has 0 bridgehead atoms. The number of pyridine rings is 1. The van der Waals surface area contributed by atoms with Crippen LogP contribution >= 0.6 is 11.3 Å². The predicted octanol–water partition coefficient (Wildman–Crippen LogP) is 3.78. The highest BCUT2D eigenvalue weighted by atomic mass is 32.1. The lowest BCUT2D eigenvalue weighted by molar-refractivity contribution is -0.124. The molecule has 0 radical (unpaired) electrons. The zero-order valence-corrected chi connectivity index (χ0v) is 17.0. The van der Waals surface area contributed by atoms with Crippen LogP contribution in [-0.4, -0.2) is 34.1 Å². The van der Waals surface area contributed by atoms with E-state index in [0.29, 0.717) is 10.8 Å². The predicted molar refractivity (Wildman–Crippen MR) is 109 cm³/mol. The van der Waals surface area contributed by atoms with E-state index < -0.39 is 5.97 Å². The first-order valence-corrected chi connectivity index (χ1v) is 10.3. The van der Waals surface area contributed by atoms with E-state index >= 15 is 0 Å². The van der Waals surface area contributed by atoms with Gasteiger partial charge in [0.05, 0.1) is 5.69 Å². The number of aryl methyl sites for hydroxylation is 2. The van der Waals surface area contributed by atoms with Gasteiger partial charge in [-0.25, -0.2) is 9.78 Å². The molecule has 1 atom stereocenters. The third kappa shape index (κ3) is 3.67. The van der Waals surface area contributed by atoms with Crippen LogP contribution in [0.3, 0.4) is 0 Å². The standard InChI is InChI=1S/C21H23N3O3S/c1-12-10-13(2)22-20-17(12)18(24-8-4-5-9-24)19(28-20)21(26)27-11-16(25)23-14(3)15-6-7-15/h4-5,8-10,14-15H,6-7,11H2,1-3H3,(H,23,25)/t14-/m0/s1. The van der Waals surface area contributed by atoms with Crippen molar-refractivity contribution in [3.63, 3.8) is 0 Å². The van der Waals surface area contributed by atoms with E-state index in [9.17, 15) is 9.59 Å². The highest BCUT2D eigenvalue weighted by Gasteiger charge is 2.29. The minimum absolute atomic E-state index is 0.126. The van der Waals surface area contributed by atoms with Crippen LogP contribution in [0, 0.1) is 19.8 Å². The molecule has 0 unspecified atom stereocenters. The van der Waals surface area contributed by atoms with Crippen LogP contribution in [-0.2, 0) is 9.53 Å². The summed E-state index contributed by atoms with van der Waals surface area (Å²) in [6.45, 7) is 5.66. The molecule has 1 amide bonds. The van der Waals surface area contributed by atoms with Gasteiger partial charge in [-0.3, -0.25) is 4.79 Å². The minimum Gasteiger partial charge on any atom is -0.451 e. The average molecular weight is 398 g/mol. The Hall–Kier alpha value is -2.67. The Kier molecular flexibility index (Phi) is 4.93. The molecular weight excluding hydrogens is 374 g/mol. The molecule has 28 heavy (non-hydrogen) atoms. The van der Waals surface area contributed by atoms with Crippen LogP contribution in [0.15, 0.2) is 30.6 Å². The van der Waals surface area contributed by atoms with Crippen molar-refractivity contribution in [2.45, 2.75) is 39.7 Å². The quantitative estimate of drug-likeness (QED) is 0.643. The number of fused-ring (bicyclic) bond motifs is 1. The van der Waals surface area contributed by atoms with Crippen LogP contribution in [0.25, 0.3) is 15.9 Å². The van der Waals surface area contributed by atoms with Gasteiger partial charge in [-0.05, 0) is 63.3 Å². The van der Waals surface area contributed by atoms with E-state index in [-0.39, 0.29) is 18.6 Å². The van der Waals surface area contributed by atoms with Crippen LogP contribution in [0.4, 0.5) is 0 Å². The molecule has 6 nitrogen and oxygen atoms in total. The number of rotatable bonds is 6. The van der Waals surface area contributed by atoms with Crippen molar-refractivity contribution in [3.05, 3.63) is 46.7 Å². The first kappa shape index (κ1) is 18.7. The summed E-state index contributed by atoms with van der Waals surface area (Å²) < 4.78 is 7.25. The van der Waals surface area contributed by atoms with Crippen LogP contribution in [0.1, 0.15) is 40.7 Å². The van der Waals surface area contributed by atoms with Gasteiger partial charge in [0.15, 0.2) is 6.61 Å². The average Bonchev–Trinajstić information content (AvgIpc) is 3.22. The maximum atomic E-state index is 12.8. The van der Waals surface area contributed by atoms with Crippen molar-refractivity contribution < 1.29 is 14.3 Å². The highest BCUT2D eigenvalue weighted by molar-refractivity contribution is 7.21. The van der Waals surface area contributed by atoms with Gasteiger partial charge in [-0.15, -0.1) is 11.3 Å². The monoisotopic (exact) mass is 397 g/mol. The normalized spacial score (nSPS) is 14.8. The molecule has 7 heteroatoms. The van der Waals surface area contributed by atoms with Gasteiger partial charge in [-0.2, -0.15) is 0 Å². The van der Waals surface area contributed by atoms with Gasteiger partial charge in [0.2, 0.25) is 0 Å². The molecule has 0 saturated heterocycles. The van der Waals surface area contributed by atoms with Crippen molar-refractivity contribution in [3.8, 4) is 5.69 Å². The summed E-state index contributed by atoms with van der Waals surface area (Å²) in [6.07, 6.45) is 6.08. The van der Waals surface area contributed by atoms with Crippen molar-refractivity contribution >= 4 is 33.4 Å². The first-order valence-electron chi connectivity index (χ1n) is 9.44. The number of amides is 1. The molecule has 0 aromatic carbocycles. The first-order chi connectivity index (χ1) is 13.4. The summed E-state index contributed by atoms with van der Waals surface area (Å²) in [4.78, 5) is 30.8. The summed E-state index contributed by atoms with van der Waals surface area (Å²) in [6, 6.07) is 5.94. The molecule has 0 spiro atoms. The van der Waals surface area contributed by atoms with Crippen LogP contribution < -0.4 is 5.32 Å². The number of ether oxygens (including phenoxy) is 1. The summed E-state index contributed by atoms with van der Waals surface area (Å²) in [5.74, 6) is -0.209. The maximum Gasteiger partial charge on any atom is 0.351 e. The fraction of sp³-hybridized carbons (Fsp3) is 0.381. The lowest BCUT2D eigenvalue weighted by Crippen LogP contribution is -2.37. The molecule has 0 aliphatic heterocycles. The summed E-state index contributed by atoms with van der Waals surface area (Å²) in [5, 5.41) is 3.84. The SMILES string of the molecule is Cc1cc(C)c2c(-n3cccc3)c(C(=O)OCC(=O)N[C@@H](C)C3CC3)sc2n1. The highest BCUT2D eigenvalue weighted by Crippen LogP contribution is 2.36. The number of carbonyl (C=O) groups is 2. The zero-order chi connectivity index (χ0) is 19.8. The maximum absolute atomic E-state index is 12.8. The van der Waals surface area contributed by atoms with Gasteiger partial charge in [0.25, 0.3) is 5.91 Å². The summed E-state index contributed by atoms with van der Waals surface area (Å²) in [5.41, 5.74) is 2.71. The number of nitrogens with one attached hydrogen (secondary N) is 1. The number of hydrogen-bond acceptors (Lipinski definition) is 5. The third-order valence-corrected chi connectivity index (χ3v) is 6.12. The van der Waals surface area contributed by atoms with E-state index in [1.807, 2.05) is 55.9 Å². The molecule has 3 heterocycles. The Bertz CT molecular complexity index is 1040. The number of aromatic nitrogens is 2. The van der Waals surface area contributed by atoms with Crippen molar-refractivity contribution in [1.82, 2.24) is 14.9 Å². The zero-order valence-electron chi connectivity index (χ0n) is 16.2. The molecule has 1 aliphatic carbocycles. The number of nitrogens with zero attached hydrogens (tertiary/aromatic N) is 2. The number of hydrogen-bond donors (Lipinski definition) is 1. The van der Waals surface area contributed by atoms with Gasteiger partial charge in [-0.1, -0.05) is 0 Å². The molecule has 1 fully saturated rings. The van der Waals surface area contributed by atoms with Gasteiger partial charge >= 0.3 is 5.97 Å². The summed E-state index contributed by atoms with van der Waals surface area (Å²) >= 11 is 1.30. The molecule has 3 aromatic heterocycles. The van der Waals surface area contributed by atoms with Crippen molar-refractivity contribution in [2.75, 3.05) is 6.61 Å². The second-order valence-electron chi connectivity index (χ2n) is 7.40. The number of esters is 1. The summed E-state index contributed by atoms with van der Waals surface area (Å²) in [7, 11) is 0. The fourth-order valence-electron chi connectivity index (χ4n) is 3.50. The van der Waals surface area contributed by atoms with Gasteiger partial charge in [0.1, 0.15) is 9.71 Å². The van der Waals surface area contributed by atoms with Crippen LogP contribution in [0.5, 0.6) is 0 Å². The second kappa shape index (κ2) is 7.39. The largest absolute Gasteiger partial charge is 0.451 e. The molecule has 146 valence electrons. The topological polar surface area (TPSA) is 73.2 Å². The molecular formula is C21H23N3O3S. The van der Waals surface area contributed by atoms with Crippen molar-refractivity contribution in [2.24, 2.45) is 5.92 Å². The third-order valence-electron chi connectivity index (χ3n) is 5.06. The Morgan fingerprint density at radius 1 is 1.32 bits per heavy atom. The number of carbonyl (C=O) groups excluding carboxylic acids is 2. The molecule has 1 saturated carbocycles. The van der Waals surface area contributed by atoms with Gasteiger partial charge in [0, 0.05) is 29.5 Å². The van der Waals surface area contributed by atoms with E-state index in [1.165, 1.54) is 11.3 Å². The molecule has 1 N–H and O–H groups in total. The van der Waals surface area contributed by atoms with Gasteiger partial charge < -0.3 is 14.6 Å². The Balaban J connectivity index is 1.60. The second-order valence-corrected chi connectivity index (χ2v) is 8.40. The molecule has 1 aliphatic rings. The minimum atomic E-state index is -0.502. The lowest BCUT2D eigenvalue weighted by Gasteiger charge is -2.13. The molecule has 3 aromatic rings. The fourth-order valence-corrected chi connectivity index (χ4v) is 4.69. The van der Waals surface area contributed by atoms with E-state index in [1.54, 1.807) is 0 Å². The van der Waals surface area contributed by atoms with E-state index in [4.69, 9.17) is 4.74 Å². The number of thiophene rings is 1. The smallest absolute Gasteiger partial charge is 0.351 e. The van der Waals surface area contributed by atoms with Crippen LogP contribution in [0.2, 0.25) is 0 Å². The Morgan fingerprint density at radius 3 is 2.71 bits per heavy atom. The van der Waals surface area contributed by atoms with E-state index in [0.717, 1.165) is 40.0 Å². The molecule has 4 rings (SSSR count). The Morgan fingerprint density at radius 2 is 2.04 bits per heavy atom. The van der Waals surface area contributed by atoms with Crippen molar-refractivity contribution in [1.29, 1.82) is 0 Å².